The summed E-state index contributed by atoms with van der Waals surface area (Å²) in [5, 5.41) is 0.774. The van der Waals surface area contributed by atoms with Crippen LogP contribution in [-0.4, -0.2) is 7.11 Å². The fourth-order valence-electron chi connectivity index (χ4n) is 1.74. The van der Waals surface area contributed by atoms with Crippen LogP contribution < -0.4 is 4.74 Å². The Kier molecular flexibility index (Phi) is 3.16. The Balaban J connectivity index is 2.53. The second kappa shape index (κ2) is 4.58. The van der Waals surface area contributed by atoms with Crippen LogP contribution in [-0.2, 0) is 0 Å². The Morgan fingerprint density at radius 1 is 1.00 bits per heavy atom. The fraction of sp³-hybridized carbons (Fsp3) is 0.143. The molecule has 2 heteroatoms. The lowest BCUT2D eigenvalue weighted by molar-refractivity contribution is 0.414. The zero-order valence-electron chi connectivity index (χ0n) is 9.33. The van der Waals surface area contributed by atoms with Crippen molar-refractivity contribution >= 4 is 11.6 Å². The summed E-state index contributed by atoms with van der Waals surface area (Å²) in [5.41, 5.74) is 3.36. The molecule has 0 aliphatic heterocycles. The van der Waals surface area contributed by atoms with Crippen molar-refractivity contribution in [3.8, 4) is 16.9 Å². The van der Waals surface area contributed by atoms with E-state index in [1.54, 1.807) is 7.11 Å². The van der Waals surface area contributed by atoms with Gasteiger partial charge >= 0.3 is 0 Å². The smallest absolute Gasteiger partial charge is 0.119 e. The number of benzene rings is 2. The number of methoxy groups -OCH3 is 1. The SMILES string of the molecule is COc1ccc(-c2ccccc2Cl)c(C)c1. The van der Waals surface area contributed by atoms with E-state index in [1.165, 1.54) is 0 Å². The standard InChI is InChI=1S/C14H13ClO/c1-10-9-11(16-2)7-8-12(10)13-5-3-4-6-14(13)15/h3-9H,1-2H3. The molecule has 82 valence electrons. The predicted octanol–water partition coefficient (Wildman–Crippen LogP) is 4.32. The second-order valence-corrected chi connectivity index (χ2v) is 4.07. The van der Waals surface area contributed by atoms with Crippen molar-refractivity contribution in [2.45, 2.75) is 6.92 Å². The lowest BCUT2D eigenvalue weighted by Crippen LogP contribution is -1.87. The van der Waals surface area contributed by atoms with Crippen LogP contribution in [0.15, 0.2) is 42.5 Å². The van der Waals surface area contributed by atoms with Gasteiger partial charge in [0.05, 0.1) is 7.11 Å². The van der Waals surface area contributed by atoms with E-state index < -0.39 is 0 Å². The van der Waals surface area contributed by atoms with Crippen LogP contribution >= 0.6 is 11.6 Å². The molecule has 0 aliphatic rings. The van der Waals surface area contributed by atoms with Gasteiger partial charge in [-0.1, -0.05) is 35.9 Å². The number of hydrogen-bond acceptors (Lipinski definition) is 1. The Bertz CT molecular complexity index is 506. The summed E-state index contributed by atoms with van der Waals surface area (Å²) in [7, 11) is 1.67. The minimum absolute atomic E-state index is 0.774. The largest absolute Gasteiger partial charge is 0.497 e. The maximum Gasteiger partial charge on any atom is 0.119 e. The summed E-state index contributed by atoms with van der Waals surface area (Å²) in [6.07, 6.45) is 0. The third kappa shape index (κ3) is 2.05. The van der Waals surface area contributed by atoms with Crippen LogP contribution in [0.25, 0.3) is 11.1 Å². The summed E-state index contributed by atoms with van der Waals surface area (Å²) >= 11 is 6.17. The number of rotatable bonds is 2. The number of halogens is 1. The quantitative estimate of drug-likeness (QED) is 0.749. The minimum Gasteiger partial charge on any atom is -0.497 e. The Labute approximate surface area is 101 Å². The highest BCUT2D eigenvalue weighted by atomic mass is 35.5. The van der Waals surface area contributed by atoms with Gasteiger partial charge in [0.25, 0.3) is 0 Å². The van der Waals surface area contributed by atoms with Crippen molar-refractivity contribution < 1.29 is 4.74 Å². The van der Waals surface area contributed by atoms with Crippen LogP contribution in [0.4, 0.5) is 0 Å². The van der Waals surface area contributed by atoms with Gasteiger partial charge in [0.1, 0.15) is 5.75 Å². The molecule has 0 aromatic heterocycles. The molecule has 0 atom stereocenters. The Morgan fingerprint density at radius 2 is 1.75 bits per heavy atom. The number of hydrogen-bond donors (Lipinski definition) is 0. The second-order valence-electron chi connectivity index (χ2n) is 3.66. The van der Waals surface area contributed by atoms with E-state index in [9.17, 15) is 0 Å². The van der Waals surface area contributed by atoms with E-state index in [2.05, 4.69) is 6.92 Å². The maximum atomic E-state index is 6.17. The molecule has 2 rings (SSSR count). The zero-order chi connectivity index (χ0) is 11.5. The molecule has 0 N–H and O–H groups in total. The Morgan fingerprint density at radius 3 is 2.38 bits per heavy atom. The molecule has 0 spiro atoms. The highest BCUT2D eigenvalue weighted by Gasteiger charge is 2.06. The fourth-order valence-corrected chi connectivity index (χ4v) is 1.98. The van der Waals surface area contributed by atoms with Crippen LogP contribution in [0, 0.1) is 6.92 Å². The van der Waals surface area contributed by atoms with Gasteiger partial charge in [-0.15, -0.1) is 0 Å². The van der Waals surface area contributed by atoms with Gasteiger partial charge in [-0.05, 0) is 36.2 Å². The van der Waals surface area contributed by atoms with Crippen molar-refractivity contribution in [2.24, 2.45) is 0 Å². The molecule has 0 amide bonds. The average Bonchev–Trinajstić information content (AvgIpc) is 2.30. The highest BCUT2D eigenvalue weighted by molar-refractivity contribution is 6.33. The highest BCUT2D eigenvalue weighted by Crippen LogP contribution is 2.31. The predicted molar refractivity (Wildman–Crippen MR) is 68.2 cm³/mol. The Hall–Kier alpha value is -1.47. The molecule has 0 fully saturated rings. The molecule has 0 aliphatic carbocycles. The first kappa shape index (κ1) is 11.0. The van der Waals surface area contributed by atoms with E-state index in [4.69, 9.17) is 16.3 Å². The summed E-state index contributed by atoms with van der Waals surface area (Å²) < 4.78 is 5.18. The molecule has 0 unspecified atom stereocenters. The third-order valence-corrected chi connectivity index (χ3v) is 2.93. The topological polar surface area (TPSA) is 9.23 Å². The molecule has 16 heavy (non-hydrogen) atoms. The molecule has 0 saturated heterocycles. The summed E-state index contributed by atoms with van der Waals surface area (Å²) in [6, 6.07) is 13.9. The maximum absolute atomic E-state index is 6.17. The van der Waals surface area contributed by atoms with Gasteiger partial charge in [-0.25, -0.2) is 0 Å². The van der Waals surface area contributed by atoms with E-state index in [0.717, 1.165) is 27.5 Å². The zero-order valence-corrected chi connectivity index (χ0v) is 10.1. The number of ether oxygens (including phenoxy) is 1. The molecular formula is C14H13ClO. The molecule has 0 radical (unpaired) electrons. The normalized spacial score (nSPS) is 10.2. The number of aryl methyl sites for hydroxylation is 1. The summed E-state index contributed by atoms with van der Waals surface area (Å²) in [6.45, 7) is 2.06. The molecule has 0 bridgehead atoms. The molecule has 0 heterocycles. The average molecular weight is 233 g/mol. The van der Waals surface area contributed by atoms with E-state index in [-0.39, 0.29) is 0 Å². The van der Waals surface area contributed by atoms with Crippen molar-refractivity contribution in [2.75, 3.05) is 7.11 Å². The van der Waals surface area contributed by atoms with Gasteiger partial charge in [-0.3, -0.25) is 0 Å². The van der Waals surface area contributed by atoms with Crippen LogP contribution in [0.5, 0.6) is 5.75 Å². The lowest BCUT2D eigenvalue weighted by Gasteiger charge is -2.09. The van der Waals surface area contributed by atoms with E-state index in [0.29, 0.717) is 0 Å². The van der Waals surface area contributed by atoms with Gasteiger partial charge in [0.2, 0.25) is 0 Å². The minimum atomic E-state index is 0.774. The van der Waals surface area contributed by atoms with Crippen LogP contribution in [0.2, 0.25) is 5.02 Å². The molecular weight excluding hydrogens is 220 g/mol. The van der Waals surface area contributed by atoms with Gasteiger partial charge in [0, 0.05) is 10.6 Å². The van der Waals surface area contributed by atoms with Gasteiger partial charge < -0.3 is 4.74 Å². The summed E-state index contributed by atoms with van der Waals surface area (Å²) in [5.74, 6) is 0.869. The molecule has 1 nitrogen and oxygen atoms in total. The monoisotopic (exact) mass is 232 g/mol. The third-order valence-electron chi connectivity index (χ3n) is 2.60. The molecule has 2 aromatic rings. The van der Waals surface area contributed by atoms with Crippen LogP contribution in [0.1, 0.15) is 5.56 Å². The van der Waals surface area contributed by atoms with Crippen molar-refractivity contribution in [1.29, 1.82) is 0 Å². The van der Waals surface area contributed by atoms with Gasteiger partial charge in [-0.2, -0.15) is 0 Å². The van der Waals surface area contributed by atoms with Crippen LogP contribution in [0.3, 0.4) is 0 Å². The first-order valence-corrected chi connectivity index (χ1v) is 5.49. The first-order chi connectivity index (χ1) is 7.72. The van der Waals surface area contributed by atoms with Crippen molar-refractivity contribution in [1.82, 2.24) is 0 Å². The van der Waals surface area contributed by atoms with E-state index in [1.807, 2.05) is 42.5 Å². The molecule has 2 aromatic carbocycles. The van der Waals surface area contributed by atoms with E-state index >= 15 is 0 Å². The van der Waals surface area contributed by atoms with Gasteiger partial charge in [0.15, 0.2) is 0 Å². The van der Waals surface area contributed by atoms with Crippen molar-refractivity contribution in [3.63, 3.8) is 0 Å². The lowest BCUT2D eigenvalue weighted by atomic mass is 10.0. The summed E-state index contributed by atoms with van der Waals surface area (Å²) in [4.78, 5) is 0. The molecule has 0 saturated carbocycles. The first-order valence-electron chi connectivity index (χ1n) is 5.12. The van der Waals surface area contributed by atoms with Crippen molar-refractivity contribution in [3.05, 3.63) is 53.1 Å².